The molecule has 2 N–H and O–H groups in total. The average Bonchev–Trinajstić information content (AvgIpc) is 2.96. The number of carbonyl (C=O) groups is 1. The molecule has 90 valence electrons. The second-order valence-electron chi connectivity index (χ2n) is 3.68. The topological polar surface area (TPSA) is 49.3 Å². The molecule has 3 nitrogen and oxygen atoms in total. The summed E-state index contributed by atoms with van der Waals surface area (Å²) in [4.78, 5) is 11.9. The van der Waals surface area contributed by atoms with Crippen LogP contribution in [0.3, 0.4) is 0 Å². The van der Waals surface area contributed by atoms with E-state index in [1.165, 1.54) is 5.56 Å². The predicted octanol–water partition coefficient (Wildman–Crippen LogP) is 3.12. The maximum Gasteiger partial charge on any atom is 0.305 e. The van der Waals surface area contributed by atoms with E-state index in [4.69, 9.17) is 5.11 Å². The molecule has 0 fully saturated rings. The Hall–Kier alpha value is -1.17. The maximum atomic E-state index is 10.8. The minimum atomic E-state index is -0.777. The Bertz CT molecular complexity index is 451. The minimum Gasteiger partial charge on any atom is -0.481 e. The van der Waals surface area contributed by atoms with Crippen LogP contribution in [-0.2, 0) is 11.3 Å². The highest BCUT2D eigenvalue weighted by atomic mass is 32.1. The molecule has 1 unspecified atom stereocenters. The smallest absolute Gasteiger partial charge is 0.305 e. The van der Waals surface area contributed by atoms with E-state index in [1.807, 2.05) is 29.0 Å². The lowest BCUT2D eigenvalue weighted by Crippen LogP contribution is -2.22. The van der Waals surface area contributed by atoms with Crippen LogP contribution >= 0.6 is 22.7 Å². The number of carboxylic acid groups (broad SMARTS) is 1. The van der Waals surface area contributed by atoms with Crippen molar-refractivity contribution >= 4 is 28.6 Å². The Morgan fingerprint density at radius 1 is 1.41 bits per heavy atom. The zero-order valence-corrected chi connectivity index (χ0v) is 10.8. The van der Waals surface area contributed by atoms with E-state index in [2.05, 4.69) is 10.7 Å². The van der Waals surface area contributed by atoms with Crippen molar-refractivity contribution in [2.45, 2.75) is 19.0 Å². The zero-order valence-electron chi connectivity index (χ0n) is 9.13. The largest absolute Gasteiger partial charge is 0.481 e. The Balaban J connectivity index is 1.98. The molecule has 0 aliphatic rings. The summed E-state index contributed by atoms with van der Waals surface area (Å²) in [5.41, 5.74) is 1.20. The average molecular weight is 267 g/mol. The molecular weight excluding hydrogens is 254 g/mol. The molecule has 0 aromatic carbocycles. The number of hydrogen-bond acceptors (Lipinski definition) is 4. The molecule has 0 aliphatic carbocycles. The van der Waals surface area contributed by atoms with E-state index in [1.54, 1.807) is 22.7 Å². The summed E-state index contributed by atoms with van der Waals surface area (Å²) >= 11 is 3.24. The van der Waals surface area contributed by atoms with Crippen LogP contribution in [0.15, 0.2) is 34.3 Å². The monoisotopic (exact) mass is 267 g/mol. The quantitative estimate of drug-likeness (QED) is 0.845. The Kier molecular flexibility index (Phi) is 4.30. The molecule has 2 rings (SSSR count). The molecule has 0 aliphatic heterocycles. The minimum absolute atomic E-state index is 0.104. The lowest BCUT2D eigenvalue weighted by Gasteiger charge is -2.14. The third kappa shape index (κ3) is 3.66. The molecule has 0 saturated heterocycles. The Morgan fingerprint density at radius 2 is 2.29 bits per heavy atom. The molecule has 2 aromatic rings. The van der Waals surface area contributed by atoms with Gasteiger partial charge in [-0.05, 0) is 33.8 Å². The van der Waals surface area contributed by atoms with Crippen LogP contribution in [0, 0.1) is 0 Å². The highest BCUT2D eigenvalue weighted by molar-refractivity contribution is 7.10. The van der Waals surface area contributed by atoms with Crippen LogP contribution < -0.4 is 5.32 Å². The fourth-order valence-electron chi connectivity index (χ4n) is 1.57. The van der Waals surface area contributed by atoms with Crippen molar-refractivity contribution in [2.24, 2.45) is 0 Å². The van der Waals surface area contributed by atoms with Gasteiger partial charge in [-0.3, -0.25) is 4.79 Å². The molecular formula is C12H13NO2S2. The summed E-state index contributed by atoms with van der Waals surface area (Å²) in [6.45, 7) is 0.708. The van der Waals surface area contributed by atoms with E-state index in [0.717, 1.165) is 4.88 Å². The first-order valence-corrected chi connectivity index (χ1v) is 7.07. The molecule has 1 atom stereocenters. The molecule has 0 saturated carbocycles. The van der Waals surface area contributed by atoms with Crippen molar-refractivity contribution in [3.05, 3.63) is 44.8 Å². The fourth-order valence-corrected chi connectivity index (χ4v) is 3.04. The van der Waals surface area contributed by atoms with Gasteiger partial charge in [0.05, 0.1) is 12.5 Å². The van der Waals surface area contributed by atoms with Gasteiger partial charge < -0.3 is 10.4 Å². The van der Waals surface area contributed by atoms with Gasteiger partial charge in [0.25, 0.3) is 0 Å². The van der Waals surface area contributed by atoms with E-state index in [0.29, 0.717) is 6.54 Å². The Labute approximate surface area is 108 Å². The van der Waals surface area contributed by atoms with Gasteiger partial charge in [0, 0.05) is 11.4 Å². The van der Waals surface area contributed by atoms with Gasteiger partial charge in [-0.25, -0.2) is 0 Å². The maximum absolute atomic E-state index is 10.8. The van der Waals surface area contributed by atoms with Crippen LogP contribution in [0.5, 0.6) is 0 Å². The second kappa shape index (κ2) is 5.95. The SMILES string of the molecule is O=C(O)CC(NCc1ccsc1)c1cccs1. The third-order valence-corrected chi connectivity index (χ3v) is 4.12. The van der Waals surface area contributed by atoms with Crippen molar-refractivity contribution in [3.63, 3.8) is 0 Å². The van der Waals surface area contributed by atoms with Gasteiger partial charge in [-0.1, -0.05) is 6.07 Å². The van der Waals surface area contributed by atoms with Crippen molar-refractivity contribution in [1.29, 1.82) is 0 Å². The molecule has 0 radical (unpaired) electrons. The second-order valence-corrected chi connectivity index (χ2v) is 5.44. The highest BCUT2D eigenvalue weighted by Gasteiger charge is 2.15. The van der Waals surface area contributed by atoms with Gasteiger partial charge in [0.1, 0.15) is 0 Å². The first kappa shape index (κ1) is 12.3. The zero-order chi connectivity index (χ0) is 12.1. The van der Waals surface area contributed by atoms with Crippen molar-refractivity contribution < 1.29 is 9.90 Å². The van der Waals surface area contributed by atoms with Crippen LogP contribution in [0.25, 0.3) is 0 Å². The lowest BCUT2D eigenvalue weighted by atomic mass is 10.1. The summed E-state index contributed by atoms with van der Waals surface area (Å²) in [6, 6.07) is 5.86. The van der Waals surface area contributed by atoms with Crippen LogP contribution in [0.4, 0.5) is 0 Å². The molecule has 2 heterocycles. The number of hydrogen-bond donors (Lipinski definition) is 2. The highest BCUT2D eigenvalue weighted by Crippen LogP contribution is 2.22. The van der Waals surface area contributed by atoms with Crippen LogP contribution in [0.1, 0.15) is 22.9 Å². The summed E-state index contributed by atoms with van der Waals surface area (Å²) in [5.74, 6) is -0.777. The van der Waals surface area contributed by atoms with Crippen molar-refractivity contribution in [2.75, 3.05) is 0 Å². The van der Waals surface area contributed by atoms with E-state index >= 15 is 0 Å². The first-order valence-electron chi connectivity index (χ1n) is 5.25. The molecule has 0 amide bonds. The third-order valence-electron chi connectivity index (χ3n) is 2.40. The first-order chi connectivity index (χ1) is 8.25. The summed E-state index contributed by atoms with van der Waals surface area (Å²) < 4.78 is 0. The molecule has 17 heavy (non-hydrogen) atoms. The summed E-state index contributed by atoms with van der Waals surface area (Å²) in [7, 11) is 0. The standard InChI is InChI=1S/C12H13NO2S2/c14-12(15)6-10(11-2-1-4-17-11)13-7-9-3-5-16-8-9/h1-5,8,10,13H,6-7H2,(H,14,15). The molecule has 0 bridgehead atoms. The van der Waals surface area contributed by atoms with Gasteiger partial charge in [0.15, 0.2) is 0 Å². The lowest BCUT2D eigenvalue weighted by molar-refractivity contribution is -0.137. The van der Waals surface area contributed by atoms with Crippen molar-refractivity contribution in [1.82, 2.24) is 5.32 Å². The van der Waals surface area contributed by atoms with E-state index in [-0.39, 0.29) is 12.5 Å². The number of carboxylic acids is 1. The summed E-state index contributed by atoms with van der Waals surface area (Å²) in [5, 5.41) is 18.3. The van der Waals surface area contributed by atoms with E-state index < -0.39 is 5.97 Å². The number of nitrogens with one attached hydrogen (secondary N) is 1. The van der Waals surface area contributed by atoms with Crippen LogP contribution in [-0.4, -0.2) is 11.1 Å². The van der Waals surface area contributed by atoms with Gasteiger partial charge >= 0.3 is 5.97 Å². The van der Waals surface area contributed by atoms with Crippen molar-refractivity contribution in [3.8, 4) is 0 Å². The van der Waals surface area contributed by atoms with E-state index in [9.17, 15) is 4.79 Å². The normalized spacial score (nSPS) is 12.5. The summed E-state index contributed by atoms with van der Waals surface area (Å²) in [6.07, 6.45) is 0.116. The van der Waals surface area contributed by atoms with Gasteiger partial charge in [-0.2, -0.15) is 11.3 Å². The molecule has 5 heteroatoms. The predicted molar refractivity (Wildman–Crippen MR) is 70.5 cm³/mol. The fraction of sp³-hybridized carbons (Fsp3) is 0.250. The van der Waals surface area contributed by atoms with Gasteiger partial charge in [0.2, 0.25) is 0 Å². The number of rotatable bonds is 6. The number of thiophene rings is 2. The number of aliphatic carboxylic acids is 1. The molecule has 0 spiro atoms. The van der Waals surface area contributed by atoms with Gasteiger partial charge in [-0.15, -0.1) is 11.3 Å². The molecule has 2 aromatic heterocycles. The Morgan fingerprint density at radius 3 is 2.88 bits per heavy atom. The van der Waals surface area contributed by atoms with Crippen LogP contribution in [0.2, 0.25) is 0 Å².